The van der Waals surface area contributed by atoms with E-state index in [0.29, 0.717) is 18.6 Å². The van der Waals surface area contributed by atoms with Crippen LogP contribution in [0.3, 0.4) is 0 Å². The molecule has 1 aliphatic rings. The predicted octanol–water partition coefficient (Wildman–Crippen LogP) is 1.16. The number of hydrogen-bond acceptors (Lipinski definition) is 3. The summed E-state index contributed by atoms with van der Waals surface area (Å²) in [4.78, 5) is 11.4. The van der Waals surface area contributed by atoms with Gasteiger partial charge in [0.05, 0.1) is 5.69 Å². The van der Waals surface area contributed by atoms with Gasteiger partial charge in [0.2, 0.25) is 0 Å². The molecule has 0 bridgehead atoms. The average Bonchev–Trinajstić information content (AvgIpc) is 2.67. The van der Waals surface area contributed by atoms with E-state index in [-0.39, 0.29) is 5.56 Å². The van der Waals surface area contributed by atoms with Crippen molar-refractivity contribution in [3.63, 3.8) is 0 Å². The molecule has 0 amide bonds. The van der Waals surface area contributed by atoms with Gasteiger partial charge in [-0.1, -0.05) is 0 Å². The Morgan fingerprint density at radius 2 is 2.31 bits per heavy atom. The Hall–Kier alpha value is -1.29. The fraction of sp³-hybridized carbons (Fsp3) is 0.583. The van der Waals surface area contributed by atoms with Gasteiger partial charge in [0.15, 0.2) is 0 Å². The molecule has 1 saturated carbocycles. The van der Waals surface area contributed by atoms with Gasteiger partial charge in [0, 0.05) is 30.9 Å². The van der Waals surface area contributed by atoms with E-state index < -0.39 is 0 Å². The maximum atomic E-state index is 11.4. The van der Waals surface area contributed by atoms with Crippen molar-refractivity contribution in [3.8, 4) is 0 Å². The molecule has 0 saturated heterocycles. The van der Waals surface area contributed by atoms with Crippen LogP contribution in [0.2, 0.25) is 0 Å². The van der Waals surface area contributed by atoms with Crippen molar-refractivity contribution < 1.29 is 0 Å². The third-order valence-corrected chi connectivity index (χ3v) is 3.17. The number of nitrogens with one attached hydrogen (secondary N) is 1. The highest BCUT2D eigenvalue weighted by Crippen LogP contribution is 2.21. The molecule has 3 N–H and O–H groups in total. The van der Waals surface area contributed by atoms with Crippen LogP contribution in [0.4, 0.5) is 5.69 Å². The number of hydrogen-bond donors (Lipinski definition) is 2. The Bertz CT molecular complexity index is 413. The lowest BCUT2D eigenvalue weighted by molar-refractivity contribution is 0.684. The lowest BCUT2D eigenvalue weighted by atomic mass is 10.2. The van der Waals surface area contributed by atoms with E-state index >= 15 is 0 Å². The Kier molecular flexibility index (Phi) is 3.29. The largest absolute Gasteiger partial charge is 0.381 e. The van der Waals surface area contributed by atoms with Crippen LogP contribution < -0.4 is 16.6 Å². The zero-order valence-electron chi connectivity index (χ0n) is 9.65. The van der Waals surface area contributed by atoms with Crippen LogP contribution in [-0.2, 0) is 6.54 Å². The smallest absolute Gasteiger partial charge is 0.250 e. The molecule has 0 aliphatic heterocycles. The van der Waals surface area contributed by atoms with E-state index in [0.717, 1.165) is 24.9 Å². The predicted molar refractivity (Wildman–Crippen MR) is 65.6 cm³/mol. The Morgan fingerprint density at radius 1 is 1.50 bits per heavy atom. The first-order valence-corrected chi connectivity index (χ1v) is 5.91. The molecule has 1 fully saturated rings. The van der Waals surface area contributed by atoms with E-state index in [1.54, 1.807) is 10.6 Å². The molecule has 4 nitrogen and oxygen atoms in total. The summed E-state index contributed by atoms with van der Waals surface area (Å²) in [6.07, 6.45) is 5.11. The fourth-order valence-corrected chi connectivity index (χ4v) is 2.25. The van der Waals surface area contributed by atoms with E-state index in [1.165, 1.54) is 0 Å². The zero-order chi connectivity index (χ0) is 11.5. The van der Waals surface area contributed by atoms with Crippen LogP contribution in [0.5, 0.6) is 0 Å². The highest BCUT2D eigenvalue weighted by molar-refractivity contribution is 5.41. The minimum Gasteiger partial charge on any atom is -0.381 e. The molecule has 1 heterocycles. The molecule has 2 rings (SSSR count). The van der Waals surface area contributed by atoms with Crippen LogP contribution in [0, 0.1) is 0 Å². The fourth-order valence-electron chi connectivity index (χ4n) is 2.25. The maximum absolute atomic E-state index is 11.4. The maximum Gasteiger partial charge on any atom is 0.250 e. The first-order valence-electron chi connectivity index (χ1n) is 5.91. The van der Waals surface area contributed by atoms with Gasteiger partial charge in [-0.05, 0) is 32.3 Å². The minimum atomic E-state index is 0.0520. The lowest BCUT2D eigenvalue weighted by Crippen LogP contribution is -2.23. The second-order valence-corrected chi connectivity index (χ2v) is 4.46. The molecule has 1 aromatic heterocycles. The summed E-state index contributed by atoms with van der Waals surface area (Å²) in [5.74, 6) is 0. The van der Waals surface area contributed by atoms with Crippen molar-refractivity contribution in [3.05, 3.63) is 28.7 Å². The summed E-state index contributed by atoms with van der Waals surface area (Å²) < 4.78 is 1.71. The van der Waals surface area contributed by atoms with Gasteiger partial charge in [-0.2, -0.15) is 0 Å². The molecule has 2 unspecified atom stereocenters. The van der Waals surface area contributed by atoms with Crippen molar-refractivity contribution in [2.45, 2.75) is 44.8 Å². The number of anilines is 1. The monoisotopic (exact) mass is 221 g/mol. The average molecular weight is 221 g/mol. The Labute approximate surface area is 95.5 Å². The normalized spacial score (nSPS) is 24.6. The van der Waals surface area contributed by atoms with Gasteiger partial charge >= 0.3 is 0 Å². The van der Waals surface area contributed by atoms with Gasteiger partial charge in [0.1, 0.15) is 0 Å². The topological polar surface area (TPSA) is 60.1 Å². The van der Waals surface area contributed by atoms with Crippen LogP contribution in [-0.4, -0.2) is 16.7 Å². The van der Waals surface area contributed by atoms with E-state index in [2.05, 4.69) is 5.32 Å². The number of pyridine rings is 1. The summed E-state index contributed by atoms with van der Waals surface area (Å²) in [7, 11) is 0. The molecule has 16 heavy (non-hydrogen) atoms. The van der Waals surface area contributed by atoms with E-state index in [1.807, 2.05) is 19.2 Å². The minimum absolute atomic E-state index is 0.0520. The summed E-state index contributed by atoms with van der Waals surface area (Å²) >= 11 is 0. The van der Waals surface area contributed by atoms with E-state index in [4.69, 9.17) is 5.73 Å². The van der Waals surface area contributed by atoms with Gasteiger partial charge in [-0.25, -0.2) is 0 Å². The number of nitrogens with zero attached hydrogens (tertiary/aromatic N) is 1. The van der Waals surface area contributed by atoms with Gasteiger partial charge in [-0.3, -0.25) is 4.79 Å². The molecule has 88 valence electrons. The highest BCUT2D eigenvalue weighted by atomic mass is 16.1. The van der Waals surface area contributed by atoms with Crippen molar-refractivity contribution in [1.82, 2.24) is 4.57 Å². The number of aromatic nitrogens is 1. The standard InChI is InChI=1S/C12H19N3O/c1-2-15-8-11(5-6-12(15)16)14-10-4-3-9(13)7-10/h5-6,8-10,14H,2-4,7,13H2,1H3. The molecule has 0 aromatic carbocycles. The SMILES string of the molecule is CCn1cc(NC2CCC(N)C2)ccc1=O. The number of rotatable bonds is 3. The van der Waals surface area contributed by atoms with Crippen molar-refractivity contribution >= 4 is 5.69 Å². The highest BCUT2D eigenvalue weighted by Gasteiger charge is 2.21. The van der Waals surface area contributed by atoms with Crippen LogP contribution in [0.25, 0.3) is 0 Å². The molecule has 1 aromatic rings. The van der Waals surface area contributed by atoms with Gasteiger partial charge < -0.3 is 15.6 Å². The Balaban J connectivity index is 2.07. The van der Waals surface area contributed by atoms with Crippen molar-refractivity contribution in [1.29, 1.82) is 0 Å². The lowest BCUT2D eigenvalue weighted by Gasteiger charge is -2.14. The van der Waals surface area contributed by atoms with Crippen LogP contribution in [0.1, 0.15) is 26.2 Å². The van der Waals surface area contributed by atoms with E-state index in [9.17, 15) is 4.79 Å². The summed E-state index contributed by atoms with van der Waals surface area (Å²) in [6, 6.07) is 4.24. The molecule has 0 radical (unpaired) electrons. The van der Waals surface area contributed by atoms with Crippen LogP contribution in [0.15, 0.2) is 23.1 Å². The van der Waals surface area contributed by atoms with Crippen molar-refractivity contribution in [2.75, 3.05) is 5.32 Å². The first kappa shape index (κ1) is 11.2. The number of aryl methyl sites for hydroxylation is 1. The molecule has 0 spiro atoms. The van der Waals surface area contributed by atoms with Gasteiger partial charge in [0.25, 0.3) is 5.56 Å². The molecule has 2 atom stereocenters. The van der Waals surface area contributed by atoms with Crippen LogP contribution >= 0.6 is 0 Å². The number of nitrogens with two attached hydrogens (primary N) is 1. The second kappa shape index (κ2) is 4.70. The third-order valence-electron chi connectivity index (χ3n) is 3.17. The van der Waals surface area contributed by atoms with Gasteiger partial charge in [-0.15, -0.1) is 0 Å². The summed E-state index contributed by atoms with van der Waals surface area (Å²) in [5, 5.41) is 3.43. The molecular formula is C12H19N3O. The Morgan fingerprint density at radius 3 is 2.94 bits per heavy atom. The molecule has 1 aliphatic carbocycles. The molecular weight excluding hydrogens is 202 g/mol. The second-order valence-electron chi connectivity index (χ2n) is 4.46. The zero-order valence-corrected chi connectivity index (χ0v) is 9.65. The quantitative estimate of drug-likeness (QED) is 0.805. The summed E-state index contributed by atoms with van der Waals surface area (Å²) in [6.45, 7) is 2.68. The summed E-state index contributed by atoms with van der Waals surface area (Å²) in [5.41, 5.74) is 6.93. The van der Waals surface area contributed by atoms with Crippen molar-refractivity contribution in [2.24, 2.45) is 5.73 Å². The molecule has 4 heteroatoms. The third kappa shape index (κ3) is 2.44. The first-order chi connectivity index (χ1) is 7.69.